The predicted octanol–water partition coefficient (Wildman–Crippen LogP) is 3.80. The minimum atomic E-state index is -0.765. The van der Waals surface area contributed by atoms with Crippen molar-refractivity contribution in [2.45, 2.75) is 74.9 Å². The van der Waals surface area contributed by atoms with E-state index in [-0.39, 0.29) is 17.5 Å². The first kappa shape index (κ1) is 20.4. The molecule has 28 heavy (non-hydrogen) atoms. The van der Waals surface area contributed by atoms with Crippen molar-refractivity contribution in [3.8, 4) is 6.07 Å². The highest BCUT2D eigenvalue weighted by atomic mass is 32.2. The Kier molecular flexibility index (Phi) is 6.09. The number of rotatable bonds is 5. The minimum absolute atomic E-state index is 0.0776. The number of hydrogen-bond acceptors (Lipinski definition) is 5. The first-order valence-electron chi connectivity index (χ1n) is 9.78. The highest BCUT2D eigenvalue weighted by Gasteiger charge is 2.35. The van der Waals surface area contributed by atoms with Crippen molar-refractivity contribution in [2.24, 2.45) is 0 Å². The molecule has 1 saturated carbocycles. The number of carbonyl (C=O) groups is 1. The molecule has 1 N–H and O–H groups in total. The number of para-hydroxylation sites is 1. The number of nitrogens with zero attached hydrogens (tertiary/aromatic N) is 3. The van der Waals surface area contributed by atoms with Crippen molar-refractivity contribution in [2.75, 3.05) is 0 Å². The monoisotopic (exact) mass is 398 g/mol. The molecule has 6 nitrogen and oxygen atoms in total. The third-order valence-electron chi connectivity index (χ3n) is 5.23. The second kappa shape index (κ2) is 8.36. The molecule has 148 valence electrons. The van der Waals surface area contributed by atoms with E-state index in [1.807, 2.05) is 32.0 Å². The van der Waals surface area contributed by atoms with Gasteiger partial charge in [-0.25, -0.2) is 4.98 Å². The van der Waals surface area contributed by atoms with Gasteiger partial charge in [0.15, 0.2) is 5.16 Å². The number of aromatic nitrogens is 2. The number of nitrogens with one attached hydrogen (secondary N) is 1. The second-order valence-corrected chi connectivity index (χ2v) is 8.99. The summed E-state index contributed by atoms with van der Waals surface area (Å²) in [6.45, 7) is 5.65. The average molecular weight is 399 g/mol. The Morgan fingerprint density at radius 1 is 1.25 bits per heavy atom. The lowest BCUT2D eigenvalue weighted by molar-refractivity contribution is -0.121. The molecule has 0 unspecified atom stereocenters. The van der Waals surface area contributed by atoms with Crippen molar-refractivity contribution in [3.63, 3.8) is 0 Å². The highest BCUT2D eigenvalue weighted by molar-refractivity contribution is 8.00. The molecule has 1 fully saturated rings. The lowest BCUT2D eigenvalue weighted by atomic mass is 9.83. The van der Waals surface area contributed by atoms with E-state index >= 15 is 0 Å². The summed E-state index contributed by atoms with van der Waals surface area (Å²) in [7, 11) is 0. The predicted molar refractivity (Wildman–Crippen MR) is 111 cm³/mol. The van der Waals surface area contributed by atoms with Gasteiger partial charge in [-0.2, -0.15) is 5.26 Å². The van der Waals surface area contributed by atoms with Gasteiger partial charge in [0.1, 0.15) is 5.54 Å². The zero-order valence-corrected chi connectivity index (χ0v) is 17.4. The van der Waals surface area contributed by atoms with Gasteiger partial charge in [-0.05, 0) is 45.7 Å². The minimum Gasteiger partial charge on any atom is -0.337 e. The number of hydrogen-bond donors (Lipinski definition) is 1. The summed E-state index contributed by atoms with van der Waals surface area (Å²) < 4.78 is 1.64. The van der Waals surface area contributed by atoms with Gasteiger partial charge >= 0.3 is 0 Å². The molecule has 1 heterocycles. The van der Waals surface area contributed by atoms with Crippen LogP contribution in [0.15, 0.2) is 34.2 Å². The van der Waals surface area contributed by atoms with E-state index in [1.54, 1.807) is 17.6 Å². The maximum Gasteiger partial charge on any atom is 0.262 e. The zero-order chi connectivity index (χ0) is 20.3. The summed E-state index contributed by atoms with van der Waals surface area (Å²) in [4.78, 5) is 30.4. The van der Waals surface area contributed by atoms with E-state index in [0.29, 0.717) is 28.9 Å². The zero-order valence-electron chi connectivity index (χ0n) is 16.6. The van der Waals surface area contributed by atoms with E-state index in [0.717, 1.165) is 19.3 Å². The topological polar surface area (TPSA) is 87.8 Å². The number of benzene rings is 1. The quantitative estimate of drug-likeness (QED) is 0.611. The number of nitriles is 1. The fraction of sp³-hybridized carbons (Fsp3) is 0.524. The van der Waals surface area contributed by atoms with Crippen LogP contribution in [-0.2, 0) is 4.79 Å². The van der Waals surface area contributed by atoms with Crippen molar-refractivity contribution >= 4 is 28.6 Å². The van der Waals surface area contributed by atoms with Crippen LogP contribution in [0.5, 0.6) is 0 Å². The van der Waals surface area contributed by atoms with Gasteiger partial charge in [-0.15, -0.1) is 0 Å². The molecule has 0 radical (unpaired) electrons. The molecule has 7 heteroatoms. The van der Waals surface area contributed by atoms with E-state index in [4.69, 9.17) is 0 Å². The van der Waals surface area contributed by atoms with Crippen LogP contribution in [0.1, 0.15) is 58.9 Å². The first-order valence-corrected chi connectivity index (χ1v) is 10.7. The smallest absolute Gasteiger partial charge is 0.262 e. The van der Waals surface area contributed by atoms with Crippen LogP contribution in [0.25, 0.3) is 10.9 Å². The van der Waals surface area contributed by atoms with Crippen LogP contribution in [0.3, 0.4) is 0 Å². The molecule has 0 spiro atoms. The van der Waals surface area contributed by atoms with E-state index in [1.165, 1.54) is 11.8 Å². The van der Waals surface area contributed by atoms with Crippen molar-refractivity contribution in [3.05, 3.63) is 34.6 Å². The standard InChI is InChI=1S/C21H26N4O2S/c1-14(2)25-19(27)16-9-5-6-10-17(16)23-20(25)28-15(3)18(26)24-21(13-22)11-7-4-8-12-21/h5-6,9-10,14-15H,4,7-8,11-12H2,1-3H3,(H,24,26)/t15-/m1/s1. The number of carbonyl (C=O) groups excluding carboxylic acids is 1. The molecule has 0 aliphatic heterocycles. The molecule has 3 rings (SSSR count). The molecule has 1 aromatic carbocycles. The molecule has 0 saturated heterocycles. The summed E-state index contributed by atoms with van der Waals surface area (Å²) in [6.07, 6.45) is 4.39. The molecular weight excluding hydrogens is 372 g/mol. The molecule has 1 aliphatic carbocycles. The normalized spacial score (nSPS) is 17.2. The van der Waals surface area contributed by atoms with Crippen molar-refractivity contribution < 1.29 is 4.79 Å². The summed E-state index contributed by atoms with van der Waals surface area (Å²) in [5.41, 5.74) is -0.240. The van der Waals surface area contributed by atoms with Gasteiger partial charge in [0.25, 0.3) is 5.56 Å². The van der Waals surface area contributed by atoms with Crippen LogP contribution in [0, 0.1) is 11.3 Å². The molecule has 1 aromatic heterocycles. The Bertz CT molecular complexity index is 971. The molecular formula is C21H26N4O2S. The SMILES string of the molecule is CC(C)n1c(S[C@H](C)C(=O)NC2(C#N)CCCCC2)nc2ccccc2c1=O. The third-order valence-corrected chi connectivity index (χ3v) is 6.29. The van der Waals surface area contributed by atoms with Crippen LogP contribution < -0.4 is 10.9 Å². The first-order chi connectivity index (χ1) is 13.4. The Morgan fingerprint density at radius 2 is 1.93 bits per heavy atom. The number of thioether (sulfide) groups is 1. The lowest BCUT2D eigenvalue weighted by Crippen LogP contribution is -2.51. The number of fused-ring (bicyclic) bond motifs is 1. The van der Waals surface area contributed by atoms with Crippen molar-refractivity contribution in [1.29, 1.82) is 5.26 Å². The maximum atomic E-state index is 12.9. The Labute approximate surface area is 169 Å². The van der Waals surface area contributed by atoms with Crippen LogP contribution in [-0.4, -0.2) is 26.2 Å². The van der Waals surface area contributed by atoms with Crippen LogP contribution >= 0.6 is 11.8 Å². The van der Waals surface area contributed by atoms with Crippen LogP contribution in [0.4, 0.5) is 0 Å². The summed E-state index contributed by atoms with van der Waals surface area (Å²) in [5, 5.41) is 13.2. The highest BCUT2D eigenvalue weighted by Crippen LogP contribution is 2.29. The van der Waals surface area contributed by atoms with Gasteiger partial charge in [0, 0.05) is 6.04 Å². The Balaban J connectivity index is 1.87. The molecule has 1 atom stereocenters. The lowest BCUT2D eigenvalue weighted by Gasteiger charge is -2.32. The van der Waals surface area contributed by atoms with Gasteiger partial charge in [-0.3, -0.25) is 14.2 Å². The van der Waals surface area contributed by atoms with Crippen LogP contribution in [0.2, 0.25) is 0 Å². The third kappa shape index (κ3) is 4.07. The van der Waals surface area contributed by atoms with Gasteiger partial charge in [0.05, 0.1) is 22.2 Å². The van der Waals surface area contributed by atoms with E-state index < -0.39 is 10.8 Å². The van der Waals surface area contributed by atoms with Gasteiger partial charge in [-0.1, -0.05) is 43.2 Å². The summed E-state index contributed by atoms with van der Waals surface area (Å²) in [6, 6.07) is 9.49. The van der Waals surface area contributed by atoms with E-state index in [2.05, 4.69) is 16.4 Å². The Hall–Kier alpha value is -2.33. The second-order valence-electron chi connectivity index (χ2n) is 7.68. The fourth-order valence-corrected chi connectivity index (χ4v) is 4.67. The Morgan fingerprint density at radius 3 is 2.57 bits per heavy atom. The largest absolute Gasteiger partial charge is 0.337 e. The summed E-state index contributed by atoms with van der Waals surface area (Å²) >= 11 is 1.26. The molecule has 0 bridgehead atoms. The molecule has 2 aromatic rings. The number of amides is 1. The van der Waals surface area contributed by atoms with Gasteiger partial charge in [0.2, 0.25) is 5.91 Å². The van der Waals surface area contributed by atoms with Gasteiger partial charge < -0.3 is 5.32 Å². The average Bonchev–Trinajstić information content (AvgIpc) is 2.68. The molecule has 1 aliphatic rings. The maximum absolute atomic E-state index is 12.9. The fourth-order valence-electron chi connectivity index (χ4n) is 3.63. The molecule has 1 amide bonds. The van der Waals surface area contributed by atoms with Crippen molar-refractivity contribution in [1.82, 2.24) is 14.9 Å². The summed E-state index contributed by atoms with van der Waals surface area (Å²) in [5.74, 6) is -0.189. The van der Waals surface area contributed by atoms with E-state index in [9.17, 15) is 14.9 Å².